The summed E-state index contributed by atoms with van der Waals surface area (Å²) in [5.74, 6) is 3.85. The number of nitro groups is 1. The quantitative estimate of drug-likeness (QED) is 0.668. The molecule has 0 radical (unpaired) electrons. The van der Waals surface area contributed by atoms with E-state index in [2.05, 4.69) is 10.4 Å². The van der Waals surface area contributed by atoms with Gasteiger partial charge in [0.25, 0.3) is 0 Å². The monoisotopic (exact) mass is 290 g/mol. The SMILES string of the molecule is CCCc1nn(C)c(NC2C3C4CCC(C4)C23)c1[N+](=O)[O-]. The number of hydrogen-bond acceptors (Lipinski definition) is 4. The standard InChI is InChI=1S/C15H22N4O2/c1-3-4-10-14(19(20)21)15(18(2)17-10)16-13-11-8-5-6-9(7-8)12(11)13/h8-9,11-13,16H,3-7H2,1-2H3. The van der Waals surface area contributed by atoms with Crippen LogP contribution in [0.3, 0.4) is 0 Å². The van der Waals surface area contributed by atoms with Gasteiger partial charge in [-0.15, -0.1) is 0 Å². The van der Waals surface area contributed by atoms with Crippen LogP contribution in [-0.4, -0.2) is 20.7 Å². The summed E-state index contributed by atoms with van der Waals surface area (Å²) in [5.41, 5.74) is 0.804. The van der Waals surface area contributed by atoms with E-state index in [0.29, 0.717) is 24.0 Å². The molecule has 4 rings (SSSR count). The molecule has 3 saturated carbocycles. The summed E-state index contributed by atoms with van der Waals surface area (Å²) in [4.78, 5) is 11.2. The zero-order valence-corrected chi connectivity index (χ0v) is 12.6. The summed E-state index contributed by atoms with van der Waals surface area (Å²) < 4.78 is 1.67. The maximum absolute atomic E-state index is 11.4. The number of nitrogens with one attached hydrogen (secondary N) is 1. The Labute approximate surface area is 124 Å². The van der Waals surface area contributed by atoms with Gasteiger partial charge >= 0.3 is 5.69 Å². The Morgan fingerprint density at radius 2 is 2.05 bits per heavy atom. The third kappa shape index (κ3) is 1.80. The Bertz CT molecular complexity index is 581. The Morgan fingerprint density at radius 3 is 2.62 bits per heavy atom. The topological polar surface area (TPSA) is 73.0 Å². The second kappa shape index (κ2) is 4.45. The number of aromatic nitrogens is 2. The van der Waals surface area contributed by atoms with Crippen molar-refractivity contribution in [3.8, 4) is 0 Å². The molecular formula is C15H22N4O2. The van der Waals surface area contributed by atoms with E-state index in [9.17, 15) is 10.1 Å². The number of fused-ring (bicyclic) bond motifs is 5. The van der Waals surface area contributed by atoms with Crippen LogP contribution < -0.4 is 5.32 Å². The van der Waals surface area contributed by atoms with E-state index >= 15 is 0 Å². The van der Waals surface area contributed by atoms with Crippen molar-refractivity contribution in [3.05, 3.63) is 15.8 Å². The normalized spacial score (nSPS) is 35.8. The van der Waals surface area contributed by atoms with Gasteiger partial charge in [-0.3, -0.25) is 10.1 Å². The molecule has 0 spiro atoms. The van der Waals surface area contributed by atoms with E-state index in [-0.39, 0.29) is 10.6 Å². The van der Waals surface area contributed by atoms with Crippen molar-refractivity contribution in [1.82, 2.24) is 9.78 Å². The lowest BCUT2D eigenvalue weighted by atomic mass is 10.0. The van der Waals surface area contributed by atoms with Crippen LogP contribution in [0.5, 0.6) is 0 Å². The van der Waals surface area contributed by atoms with E-state index in [1.165, 1.54) is 19.3 Å². The van der Waals surface area contributed by atoms with Crippen molar-refractivity contribution < 1.29 is 4.92 Å². The lowest BCUT2D eigenvalue weighted by Gasteiger charge is -2.11. The number of anilines is 1. The maximum Gasteiger partial charge on any atom is 0.333 e. The van der Waals surface area contributed by atoms with E-state index in [4.69, 9.17) is 0 Å². The second-order valence-electron chi connectivity index (χ2n) is 6.93. The minimum absolute atomic E-state index is 0.191. The summed E-state index contributed by atoms with van der Waals surface area (Å²) in [5, 5.41) is 19.3. The van der Waals surface area contributed by atoms with Crippen LogP contribution in [0, 0.1) is 33.8 Å². The van der Waals surface area contributed by atoms with Crippen molar-refractivity contribution in [1.29, 1.82) is 0 Å². The fourth-order valence-electron chi connectivity index (χ4n) is 5.00. The highest BCUT2D eigenvalue weighted by Gasteiger charge is 2.65. The molecule has 4 atom stereocenters. The molecule has 3 aliphatic rings. The molecule has 2 bridgehead atoms. The fraction of sp³-hybridized carbons (Fsp3) is 0.800. The molecule has 4 unspecified atom stereocenters. The third-order valence-electron chi connectivity index (χ3n) is 5.80. The van der Waals surface area contributed by atoms with Crippen LogP contribution in [0.2, 0.25) is 0 Å². The number of hydrogen-bond donors (Lipinski definition) is 1. The zero-order chi connectivity index (χ0) is 14.7. The van der Waals surface area contributed by atoms with Gasteiger partial charge in [-0.25, -0.2) is 4.68 Å². The van der Waals surface area contributed by atoms with Crippen LogP contribution in [0.25, 0.3) is 0 Å². The van der Waals surface area contributed by atoms with Gasteiger partial charge in [-0.1, -0.05) is 13.3 Å². The minimum Gasteiger partial charge on any atom is -0.361 e. The van der Waals surface area contributed by atoms with Gasteiger partial charge < -0.3 is 5.32 Å². The molecule has 1 heterocycles. The molecule has 0 saturated heterocycles. The van der Waals surface area contributed by atoms with Crippen molar-refractivity contribution in [2.45, 2.75) is 45.1 Å². The van der Waals surface area contributed by atoms with Crippen molar-refractivity contribution in [2.24, 2.45) is 30.7 Å². The highest BCUT2D eigenvalue weighted by atomic mass is 16.6. The van der Waals surface area contributed by atoms with Crippen molar-refractivity contribution in [2.75, 3.05) is 5.32 Å². The molecule has 0 aromatic carbocycles. The predicted octanol–water partition coefficient (Wildman–Crippen LogP) is 2.74. The van der Waals surface area contributed by atoms with Crippen LogP contribution in [0.1, 0.15) is 38.3 Å². The maximum atomic E-state index is 11.4. The first-order chi connectivity index (χ1) is 10.1. The van der Waals surface area contributed by atoms with Gasteiger partial charge in [-0.05, 0) is 49.4 Å². The number of aryl methyl sites for hydroxylation is 2. The van der Waals surface area contributed by atoms with E-state index in [1.807, 2.05) is 6.92 Å². The average molecular weight is 290 g/mol. The summed E-state index contributed by atoms with van der Waals surface area (Å²) in [6.07, 6.45) is 5.64. The number of rotatable bonds is 5. The second-order valence-corrected chi connectivity index (χ2v) is 6.93. The highest BCUT2D eigenvalue weighted by molar-refractivity contribution is 5.61. The van der Waals surface area contributed by atoms with Gasteiger partial charge in [0.15, 0.2) is 0 Å². The average Bonchev–Trinajstić information content (AvgIpc) is 2.76. The van der Waals surface area contributed by atoms with Gasteiger partial charge in [-0.2, -0.15) is 5.10 Å². The number of nitrogens with zero attached hydrogens (tertiary/aromatic N) is 3. The first kappa shape index (κ1) is 13.1. The molecule has 1 aromatic heterocycles. The van der Waals surface area contributed by atoms with Crippen LogP contribution in [-0.2, 0) is 13.5 Å². The van der Waals surface area contributed by atoms with Crippen molar-refractivity contribution >= 4 is 11.5 Å². The predicted molar refractivity (Wildman–Crippen MR) is 79.1 cm³/mol. The molecular weight excluding hydrogens is 268 g/mol. The molecule has 6 nitrogen and oxygen atoms in total. The first-order valence-electron chi connectivity index (χ1n) is 8.08. The fourth-order valence-corrected chi connectivity index (χ4v) is 5.00. The molecule has 6 heteroatoms. The summed E-state index contributed by atoms with van der Waals surface area (Å²) in [6, 6.07) is 0.444. The lowest BCUT2D eigenvalue weighted by molar-refractivity contribution is -0.384. The van der Waals surface area contributed by atoms with Gasteiger partial charge in [0.2, 0.25) is 5.82 Å². The molecule has 3 aliphatic carbocycles. The van der Waals surface area contributed by atoms with E-state index in [0.717, 1.165) is 30.1 Å². The van der Waals surface area contributed by atoms with Crippen LogP contribution in [0.4, 0.5) is 11.5 Å². The first-order valence-corrected chi connectivity index (χ1v) is 8.08. The summed E-state index contributed by atoms with van der Waals surface area (Å²) in [7, 11) is 1.81. The van der Waals surface area contributed by atoms with Crippen LogP contribution >= 0.6 is 0 Å². The Kier molecular flexibility index (Phi) is 2.78. The van der Waals surface area contributed by atoms with Crippen molar-refractivity contribution in [3.63, 3.8) is 0 Å². The van der Waals surface area contributed by atoms with Gasteiger partial charge in [0.1, 0.15) is 5.69 Å². The summed E-state index contributed by atoms with van der Waals surface area (Å²) in [6.45, 7) is 2.02. The molecule has 21 heavy (non-hydrogen) atoms. The molecule has 3 fully saturated rings. The zero-order valence-electron chi connectivity index (χ0n) is 12.6. The molecule has 0 aliphatic heterocycles. The third-order valence-corrected chi connectivity index (χ3v) is 5.80. The van der Waals surface area contributed by atoms with E-state index < -0.39 is 0 Å². The minimum atomic E-state index is -0.271. The Hall–Kier alpha value is -1.59. The smallest absolute Gasteiger partial charge is 0.333 e. The molecule has 114 valence electrons. The molecule has 0 amide bonds. The van der Waals surface area contributed by atoms with Gasteiger partial charge in [0, 0.05) is 13.1 Å². The van der Waals surface area contributed by atoms with Gasteiger partial charge in [0.05, 0.1) is 4.92 Å². The Morgan fingerprint density at radius 1 is 1.38 bits per heavy atom. The lowest BCUT2D eigenvalue weighted by Crippen LogP contribution is -2.15. The van der Waals surface area contributed by atoms with E-state index in [1.54, 1.807) is 11.7 Å². The molecule has 1 aromatic rings. The van der Waals surface area contributed by atoms with Crippen LogP contribution in [0.15, 0.2) is 0 Å². The summed E-state index contributed by atoms with van der Waals surface area (Å²) >= 11 is 0. The highest BCUT2D eigenvalue weighted by Crippen LogP contribution is 2.66. The Balaban J connectivity index is 1.59. The largest absolute Gasteiger partial charge is 0.361 e. The molecule has 1 N–H and O–H groups in total.